The molecule has 14 rings (SSSR count). The molecule has 14 fully saturated rings. The predicted octanol–water partition coefficient (Wildman–Crippen LogP) is 2.58. The van der Waals surface area contributed by atoms with Crippen molar-refractivity contribution in [3.63, 3.8) is 0 Å². The first kappa shape index (κ1) is 46.4. The van der Waals surface area contributed by atoms with E-state index in [1.807, 2.05) is 27.7 Å². The van der Waals surface area contributed by atoms with Crippen molar-refractivity contribution < 1.29 is 56.8 Å². The molecule has 0 spiro atoms. The summed E-state index contributed by atoms with van der Waals surface area (Å²) in [5, 5.41) is 0. The molecule has 0 aliphatic carbocycles. The summed E-state index contributed by atoms with van der Waals surface area (Å²) in [6, 6.07) is -0.687. The molecule has 328 valence electrons. The third-order valence-corrected chi connectivity index (χ3v) is 11.5. The van der Waals surface area contributed by atoms with E-state index in [0.717, 1.165) is 51.4 Å². The molecule has 14 aliphatic heterocycles. The van der Waals surface area contributed by atoms with Gasteiger partial charge in [-0.3, -0.25) is 0 Å². The van der Waals surface area contributed by atoms with Crippen LogP contribution in [0.4, 0.5) is 0 Å². The Labute approximate surface area is 335 Å². The first-order chi connectivity index (χ1) is 27.1. The van der Waals surface area contributed by atoms with Crippen molar-refractivity contribution in [1.82, 2.24) is 0 Å². The van der Waals surface area contributed by atoms with Gasteiger partial charge >= 0.3 is 0 Å². The Balaban J connectivity index is 1.05. The highest BCUT2D eigenvalue weighted by Gasteiger charge is 2.39. The second-order valence-corrected chi connectivity index (χ2v) is 16.3. The number of ether oxygens (including phenoxy) is 12. The quantitative estimate of drug-likeness (QED) is 0.277. The van der Waals surface area contributed by atoms with Crippen LogP contribution in [0, 0.1) is 0 Å². The highest BCUT2D eigenvalue weighted by Crippen LogP contribution is 2.27. The normalized spacial score (nSPS) is 45.0. The average Bonchev–Trinajstić information content (AvgIpc) is 3.14. The highest BCUT2D eigenvalue weighted by atomic mass is 16.7. The Bertz CT molecular complexity index is 865. The minimum Gasteiger partial charge on any atom is -0.374 e. The summed E-state index contributed by atoms with van der Waals surface area (Å²) in [6.45, 7) is 12.5. The lowest BCUT2D eigenvalue weighted by atomic mass is 10.00. The Kier molecular flexibility index (Phi) is 20.4. The van der Waals surface area contributed by atoms with Crippen LogP contribution in [0.3, 0.4) is 0 Å². The van der Waals surface area contributed by atoms with Crippen molar-refractivity contribution in [2.24, 2.45) is 22.9 Å². The fourth-order valence-corrected chi connectivity index (χ4v) is 8.33. The number of hydrogen-bond donors (Lipinski definition) is 4. The zero-order valence-corrected chi connectivity index (χ0v) is 34.6. The highest BCUT2D eigenvalue weighted by molar-refractivity contribution is 4.88. The van der Waals surface area contributed by atoms with Crippen molar-refractivity contribution in [1.29, 1.82) is 0 Å². The molecule has 0 amide bonds. The summed E-state index contributed by atoms with van der Waals surface area (Å²) < 4.78 is 73.3. The zero-order chi connectivity index (χ0) is 39.9. The van der Waals surface area contributed by atoms with E-state index in [1.165, 1.54) is 0 Å². The molecule has 8 bridgehead atoms. The molecular weight excluding hydrogens is 728 g/mol. The van der Waals surface area contributed by atoms with Crippen LogP contribution in [0.1, 0.15) is 105 Å². The SMILES string of the molecule is C[C@@H]1O[C@@H]2C[C@@H](N)[C@H]1OCCCCO[C@@H]1[C@H](N)C[C@H](OCCCCO[C@H]3C[C@@H](N)[C@@H](OCCCCO[C@@H]4[C@H](N)C[C@H](OCCCCO2)O[C@H]4C)[C@H](C)O3)O[C@H]1C. The first-order valence-electron chi connectivity index (χ1n) is 21.7. The molecule has 0 radical (unpaired) electrons. The van der Waals surface area contributed by atoms with Gasteiger partial charge in [0.1, 0.15) is 0 Å². The minimum atomic E-state index is -0.353. The smallest absolute Gasteiger partial charge is 0.159 e. The molecular formula is C40H76N4O12. The van der Waals surface area contributed by atoms with Crippen LogP contribution in [0.15, 0.2) is 0 Å². The van der Waals surface area contributed by atoms with Crippen molar-refractivity contribution in [2.75, 3.05) is 52.9 Å². The van der Waals surface area contributed by atoms with Crippen LogP contribution in [0.2, 0.25) is 0 Å². The van der Waals surface area contributed by atoms with Gasteiger partial charge in [0.25, 0.3) is 0 Å². The summed E-state index contributed by atoms with van der Waals surface area (Å²) in [5.41, 5.74) is 26.1. The van der Waals surface area contributed by atoms with Gasteiger partial charge in [-0.25, -0.2) is 0 Å². The zero-order valence-electron chi connectivity index (χ0n) is 34.6. The first-order valence-corrected chi connectivity index (χ1v) is 21.7. The van der Waals surface area contributed by atoms with E-state index in [1.54, 1.807) is 0 Å². The Morgan fingerprint density at radius 3 is 0.643 bits per heavy atom. The van der Waals surface area contributed by atoms with Gasteiger partial charge < -0.3 is 79.8 Å². The molecule has 14 saturated heterocycles. The molecule has 14 heterocycles. The largest absolute Gasteiger partial charge is 0.374 e. The van der Waals surface area contributed by atoms with Gasteiger partial charge in [0.2, 0.25) is 0 Å². The van der Waals surface area contributed by atoms with Crippen molar-refractivity contribution >= 4 is 0 Å². The lowest BCUT2D eigenvalue weighted by Gasteiger charge is -2.39. The molecule has 8 N–H and O–H groups in total. The fraction of sp³-hybridized carbons (Fsp3) is 1.00. The van der Waals surface area contributed by atoms with Gasteiger partial charge in [-0.15, -0.1) is 0 Å². The van der Waals surface area contributed by atoms with Crippen LogP contribution < -0.4 is 22.9 Å². The molecule has 14 aliphatic rings. The number of hydrogen-bond acceptors (Lipinski definition) is 16. The number of nitrogens with two attached hydrogens (primary N) is 4. The Morgan fingerprint density at radius 1 is 0.286 bits per heavy atom. The second-order valence-electron chi connectivity index (χ2n) is 16.3. The van der Waals surface area contributed by atoms with Crippen molar-refractivity contribution in [2.45, 2.75) is 203 Å². The molecule has 16 nitrogen and oxygen atoms in total. The standard InChI is InChI=1S/C40H76N4O12/c1-25-37-29(41)21-33(53-25)45-13-5-6-14-46-34-23-31(43)39(27(3)55-34)51-19-11-12-20-52-40-28(4)56-36(24-32(40)44)48-16-8-7-15-47-35-22-30(42)38(26(2)54-35)50-18-10-9-17-49-37/h25-40H,5-24,41-44H2,1-4H3/t25-,26-,27-,28-,29+,30+,31+,32+,33+,34+,35+,36+,37-,38-,39-,40-/m0/s1. The Morgan fingerprint density at radius 2 is 0.464 bits per heavy atom. The molecule has 0 unspecified atom stereocenters. The van der Waals surface area contributed by atoms with Crippen LogP contribution in [0.5, 0.6) is 0 Å². The third-order valence-electron chi connectivity index (χ3n) is 11.5. The molecule has 16 heteroatoms. The van der Waals surface area contributed by atoms with E-state index in [-0.39, 0.29) is 98.2 Å². The summed E-state index contributed by atoms with van der Waals surface area (Å²) in [5.74, 6) is 0. The minimum absolute atomic E-state index is 0.172. The van der Waals surface area contributed by atoms with Gasteiger partial charge in [-0.05, 0) is 79.1 Å². The monoisotopic (exact) mass is 805 g/mol. The van der Waals surface area contributed by atoms with Crippen LogP contribution >= 0.6 is 0 Å². The molecule has 56 heavy (non-hydrogen) atoms. The summed E-state index contributed by atoms with van der Waals surface area (Å²) in [6.07, 6.45) is 6.12. The van der Waals surface area contributed by atoms with E-state index >= 15 is 0 Å². The average molecular weight is 805 g/mol. The summed E-state index contributed by atoms with van der Waals surface area (Å²) in [4.78, 5) is 0. The third kappa shape index (κ3) is 14.8. The molecule has 0 aromatic heterocycles. The molecule has 0 aromatic rings. The van der Waals surface area contributed by atoms with Gasteiger partial charge in [-0.1, -0.05) is 0 Å². The van der Waals surface area contributed by atoms with Gasteiger partial charge in [0.05, 0.1) is 48.8 Å². The van der Waals surface area contributed by atoms with E-state index < -0.39 is 0 Å². The van der Waals surface area contributed by atoms with E-state index in [4.69, 9.17) is 79.8 Å². The molecule has 16 atom stereocenters. The maximum absolute atomic E-state index is 6.52. The molecule has 0 saturated carbocycles. The topological polar surface area (TPSA) is 215 Å². The molecule has 0 aromatic carbocycles. The second kappa shape index (κ2) is 24.6. The fourth-order valence-electron chi connectivity index (χ4n) is 8.33. The van der Waals surface area contributed by atoms with Crippen molar-refractivity contribution in [3.05, 3.63) is 0 Å². The lowest BCUT2D eigenvalue weighted by Crippen LogP contribution is -2.53. The van der Waals surface area contributed by atoms with E-state index in [2.05, 4.69) is 0 Å². The van der Waals surface area contributed by atoms with Crippen LogP contribution in [0.25, 0.3) is 0 Å². The van der Waals surface area contributed by atoms with Crippen LogP contribution in [-0.2, 0) is 56.8 Å². The summed E-state index contributed by atoms with van der Waals surface area (Å²) >= 11 is 0. The van der Waals surface area contributed by atoms with Gasteiger partial charge in [0, 0.05) is 103 Å². The summed E-state index contributed by atoms with van der Waals surface area (Å²) in [7, 11) is 0. The lowest BCUT2D eigenvalue weighted by molar-refractivity contribution is -0.237. The van der Waals surface area contributed by atoms with E-state index in [9.17, 15) is 0 Å². The van der Waals surface area contributed by atoms with Crippen LogP contribution in [-0.4, -0.2) is 151 Å². The van der Waals surface area contributed by atoms with E-state index in [0.29, 0.717) is 78.5 Å². The van der Waals surface area contributed by atoms with Gasteiger partial charge in [0.15, 0.2) is 25.2 Å². The number of rotatable bonds is 0. The maximum atomic E-state index is 6.52. The Hall–Kier alpha value is -0.640. The predicted molar refractivity (Wildman–Crippen MR) is 207 cm³/mol. The van der Waals surface area contributed by atoms with Crippen molar-refractivity contribution in [3.8, 4) is 0 Å². The van der Waals surface area contributed by atoms with Gasteiger partial charge in [-0.2, -0.15) is 0 Å². The maximum Gasteiger partial charge on any atom is 0.159 e.